The molecular formula is C10H14N2O3. The first-order chi connectivity index (χ1) is 7.27. The fraction of sp³-hybridized carbons (Fsp3) is 0.400. The lowest BCUT2D eigenvalue weighted by molar-refractivity contribution is 0.0931. The molecule has 0 radical (unpaired) electrons. The standard InChI is InChI=1S/C10H14N2O3/c1-14-7-6-11-10(13)8-4-3-5-9(12-8)15-2/h3-5H,6-7H2,1-2H3,(H,11,13). The van der Waals surface area contributed by atoms with Gasteiger partial charge in [-0.15, -0.1) is 0 Å². The Morgan fingerprint density at radius 3 is 2.93 bits per heavy atom. The number of methoxy groups -OCH3 is 2. The lowest BCUT2D eigenvalue weighted by Crippen LogP contribution is -2.27. The van der Waals surface area contributed by atoms with Gasteiger partial charge in [-0.1, -0.05) is 6.07 Å². The number of carbonyl (C=O) groups excluding carboxylic acids is 1. The predicted octanol–water partition coefficient (Wildman–Crippen LogP) is 0.466. The van der Waals surface area contributed by atoms with E-state index in [1.807, 2.05) is 0 Å². The van der Waals surface area contributed by atoms with Gasteiger partial charge in [0.2, 0.25) is 5.88 Å². The van der Waals surface area contributed by atoms with Gasteiger partial charge in [0.05, 0.1) is 13.7 Å². The van der Waals surface area contributed by atoms with Crippen LogP contribution in [0.3, 0.4) is 0 Å². The van der Waals surface area contributed by atoms with Gasteiger partial charge in [-0.2, -0.15) is 0 Å². The van der Waals surface area contributed by atoms with Crippen molar-refractivity contribution < 1.29 is 14.3 Å². The number of rotatable bonds is 5. The summed E-state index contributed by atoms with van der Waals surface area (Å²) in [6.45, 7) is 0.948. The normalized spacial score (nSPS) is 9.73. The molecule has 0 bridgehead atoms. The molecule has 5 nitrogen and oxygen atoms in total. The van der Waals surface area contributed by atoms with E-state index >= 15 is 0 Å². The van der Waals surface area contributed by atoms with E-state index in [0.717, 1.165) is 0 Å². The van der Waals surface area contributed by atoms with Crippen LogP contribution in [0.5, 0.6) is 5.88 Å². The van der Waals surface area contributed by atoms with E-state index in [9.17, 15) is 4.79 Å². The third-order valence-electron chi connectivity index (χ3n) is 1.76. The second-order valence-corrected chi connectivity index (χ2v) is 2.81. The minimum absolute atomic E-state index is 0.231. The van der Waals surface area contributed by atoms with E-state index in [4.69, 9.17) is 9.47 Å². The first-order valence-corrected chi connectivity index (χ1v) is 4.56. The monoisotopic (exact) mass is 210 g/mol. The maximum atomic E-state index is 11.5. The third kappa shape index (κ3) is 3.55. The van der Waals surface area contributed by atoms with Crippen molar-refractivity contribution in [1.29, 1.82) is 0 Å². The van der Waals surface area contributed by atoms with Gasteiger partial charge >= 0.3 is 0 Å². The molecule has 1 heterocycles. The smallest absolute Gasteiger partial charge is 0.270 e. The molecule has 0 aliphatic heterocycles. The van der Waals surface area contributed by atoms with Gasteiger partial charge in [-0.05, 0) is 6.07 Å². The highest BCUT2D eigenvalue weighted by atomic mass is 16.5. The summed E-state index contributed by atoms with van der Waals surface area (Å²) in [6.07, 6.45) is 0. The Kier molecular flexibility index (Phi) is 4.56. The summed E-state index contributed by atoms with van der Waals surface area (Å²) in [5.41, 5.74) is 0.338. The van der Waals surface area contributed by atoms with Gasteiger partial charge in [0.15, 0.2) is 0 Å². The zero-order chi connectivity index (χ0) is 11.1. The molecule has 0 aromatic carbocycles. The fourth-order valence-electron chi connectivity index (χ4n) is 1.01. The molecule has 0 saturated carbocycles. The number of aromatic nitrogens is 1. The van der Waals surface area contributed by atoms with Crippen LogP contribution in [-0.2, 0) is 4.74 Å². The fourth-order valence-corrected chi connectivity index (χ4v) is 1.01. The molecule has 0 saturated heterocycles. The minimum atomic E-state index is -0.231. The second-order valence-electron chi connectivity index (χ2n) is 2.81. The average Bonchev–Trinajstić information content (AvgIpc) is 2.29. The predicted molar refractivity (Wildman–Crippen MR) is 55.0 cm³/mol. The molecule has 1 amide bonds. The van der Waals surface area contributed by atoms with Crippen LogP contribution in [0, 0.1) is 0 Å². The van der Waals surface area contributed by atoms with Crippen LogP contribution in [0.4, 0.5) is 0 Å². The molecule has 0 unspecified atom stereocenters. The molecule has 15 heavy (non-hydrogen) atoms. The van der Waals surface area contributed by atoms with Crippen molar-refractivity contribution >= 4 is 5.91 Å². The largest absolute Gasteiger partial charge is 0.481 e. The number of pyridine rings is 1. The number of nitrogens with one attached hydrogen (secondary N) is 1. The van der Waals surface area contributed by atoms with Crippen molar-refractivity contribution in [1.82, 2.24) is 10.3 Å². The van der Waals surface area contributed by atoms with E-state index in [2.05, 4.69) is 10.3 Å². The highest BCUT2D eigenvalue weighted by Gasteiger charge is 2.06. The number of hydrogen-bond donors (Lipinski definition) is 1. The Bertz CT molecular complexity index is 328. The number of ether oxygens (including phenoxy) is 2. The summed E-state index contributed by atoms with van der Waals surface area (Å²) in [7, 11) is 3.09. The third-order valence-corrected chi connectivity index (χ3v) is 1.76. The summed E-state index contributed by atoms with van der Waals surface area (Å²) in [6, 6.07) is 5.04. The summed E-state index contributed by atoms with van der Waals surface area (Å²) >= 11 is 0. The van der Waals surface area contributed by atoms with Gasteiger partial charge in [0, 0.05) is 19.7 Å². The molecule has 82 valence electrons. The van der Waals surface area contributed by atoms with Crippen LogP contribution >= 0.6 is 0 Å². The van der Waals surface area contributed by atoms with Crippen LogP contribution in [0.25, 0.3) is 0 Å². The van der Waals surface area contributed by atoms with Gasteiger partial charge in [-0.3, -0.25) is 4.79 Å². The summed E-state index contributed by atoms with van der Waals surface area (Å²) < 4.78 is 9.73. The Balaban J connectivity index is 2.57. The number of amides is 1. The average molecular weight is 210 g/mol. The molecule has 0 fully saturated rings. The number of hydrogen-bond acceptors (Lipinski definition) is 4. The van der Waals surface area contributed by atoms with Gasteiger partial charge in [0.1, 0.15) is 5.69 Å². The van der Waals surface area contributed by atoms with Crippen molar-refractivity contribution in [2.24, 2.45) is 0 Å². The SMILES string of the molecule is COCCNC(=O)c1cccc(OC)n1. The molecule has 0 atom stereocenters. The van der Waals surface area contributed by atoms with Gasteiger partial charge < -0.3 is 14.8 Å². The Morgan fingerprint density at radius 1 is 1.47 bits per heavy atom. The molecule has 0 aliphatic rings. The minimum Gasteiger partial charge on any atom is -0.481 e. The van der Waals surface area contributed by atoms with Crippen molar-refractivity contribution in [2.75, 3.05) is 27.4 Å². The summed E-state index contributed by atoms with van der Waals surface area (Å²) in [4.78, 5) is 15.5. The van der Waals surface area contributed by atoms with E-state index in [1.165, 1.54) is 7.11 Å². The van der Waals surface area contributed by atoms with Crippen molar-refractivity contribution in [2.45, 2.75) is 0 Å². The van der Waals surface area contributed by atoms with Crippen molar-refractivity contribution in [3.05, 3.63) is 23.9 Å². The van der Waals surface area contributed by atoms with Crippen LogP contribution in [0.15, 0.2) is 18.2 Å². The van der Waals surface area contributed by atoms with E-state index in [1.54, 1.807) is 25.3 Å². The first kappa shape index (κ1) is 11.5. The molecule has 0 aliphatic carbocycles. The number of carbonyl (C=O) groups is 1. The van der Waals surface area contributed by atoms with Gasteiger partial charge in [0.25, 0.3) is 5.91 Å². The molecular weight excluding hydrogens is 196 g/mol. The Hall–Kier alpha value is -1.62. The summed E-state index contributed by atoms with van der Waals surface area (Å²) in [5, 5.41) is 2.67. The van der Waals surface area contributed by atoms with Crippen LogP contribution in [0.2, 0.25) is 0 Å². The maximum absolute atomic E-state index is 11.5. The van der Waals surface area contributed by atoms with Crippen molar-refractivity contribution in [3.8, 4) is 5.88 Å². The molecule has 0 spiro atoms. The lowest BCUT2D eigenvalue weighted by Gasteiger charge is -2.04. The van der Waals surface area contributed by atoms with Crippen LogP contribution in [-0.4, -0.2) is 38.3 Å². The zero-order valence-corrected chi connectivity index (χ0v) is 8.82. The topological polar surface area (TPSA) is 60.5 Å². The molecule has 1 rings (SSSR count). The molecule has 1 N–H and O–H groups in total. The summed E-state index contributed by atoms with van der Waals surface area (Å²) in [5.74, 6) is 0.195. The van der Waals surface area contributed by atoms with E-state index < -0.39 is 0 Å². The molecule has 5 heteroatoms. The first-order valence-electron chi connectivity index (χ1n) is 4.56. The Labute approximate surface area is 88.4 Å². The van der Waals surface area contributed by atoms with E-state index in [0.29, 0.717) is 24.7 Å². The number of nitrogens with zero attached hydrogens (tertiary/aromatic N) is 1. The zero-order valence-electron chi connectivity index (χ0n) is 8.82. The van der Waals surface area contributed by atoms with Crippen LogP contribution < -0.4 is 10.1 Å². The van der Waals surface area contributed by atoms with Crippen LogP contribution in [0.1, 0.15) is 10.5 Å². The quantitative estimate of drug-likeness (QED) is 0.717. The Morgan fingerprint density at radius 2 is 2.27 bits per heavy atom. The van der Waals surface area contributed by atoms with Gasteiger partial charge in [-0.25, -0.2) is 4.98 Å². The van der Waals surface area contributed by atoms with Crippen molar-refractivity contribution in [3.63, 3.8) is 0 Å². The highest BCUT2D eigenvalue weighted by Crippen LogP contribution is 2.05. The van der Waals surface area contributed by atoms with E-state index in [-0.39, 0.29) is 5.91 Å². The highest BCUT2D eigenvalue weighted by molar-refractivity contribution is 5.92. The second kappa shape index (κ2) is 5.98. The molecule has 1 aromatic rings. The lowest BCUT2D eigenvalue weighted by atomic mass is 10.3. The maximum Gasteiger partial charge on any atom is 0.270 e. The molecule has 1 aromatic heterocycles.